The number of benzene rings is 2. The first-order valence-corrected chi connectivity index (χ1v) is 7.85. The number of hydrogen-bond donors (Lipinski definition) is 2. The highest BCUT2D eigenvalue weighted by Crippen LogP contribution is 2.24. The topological polar surface area (TPSA) is 84.9 Å². The summed E-state index contributed by atoms with van der Waals surface area (Å²) in [6.07, 6.45) is -0.0445. The minimum atomic E-state index is -0.890. The molecule has 2 aromatic carbocycles. The Hall–Kier alpha value is -3.02. The SMILES string of the molecule is COc1ccccc1[C@@H](C)NC(=O)COc1ccc(CC(=O)O)cc1. The molecule has 6 heteroatoms. The lowest BCUT2D eigenvalue weighted by Gasteiger charge is -2.17. The smallest absolute Gasteiger partial charge is 0.307 e. The summed E-state index contributed by atoms with van der Waals surface area (Å²) in [6, 6.07) is 13.9. The number of hydrogen-bond acceptors (Lipinski definition) is 4. The summed E-state index contributed by atoms with van der Waals surface area (Å²) < 4.78 is 10.7. The predicted octanol–water partition coefficient (Wildman–Crippen LogP) is 2.58. The zero-order valence-corrected chi connectivity index (χ0v) is 14.2. The van der Waals surface area contributed by atoms with E-state index in [0.29, 0.717) is 17.1 Å². The van der Waals surface area contributed by atoms with Crippen molar-refractivity contribution in [1.82, 2.24) is 5.32 Å². The van der Waals surface area contributed by atoms with Gasteiger partial charge in [-0.25, -0.2) is 0 Å². The van der Waals surface area contributed by atoms with E-state index in [4.69, 9.17) is 14.6 Å². The normalized spacial score (nSPS) is 11.4. The molecule has 0 saturated heterocycles. The standard InChI is InChI=1S/C19H21NO5/c1-13(16-5-3-4-6-17(16)24-2)20-18(21)12-25-15-9-7-14(8-10-15)11-19(22)23/h3-10,13H,11-12H2,1-2H3,(H,20,21)(H,22,23)/t13-/m1/s1. The minimum Gasteiger partial charge on any atom is -0.496 e. The Morgan fingerprint density at radius 2 is 1.80 bits per heavy atom. The summed E-state index contributed by atoms with van der Waals surface area (Å²) in [5.41, 5.74) is 1.56. The van der Waals surface area contributed by atoms with Gasteiger partial charge in [-0.1, -0.05) is 30.3 Å². The Morgan fingerprint density at radius 1 is 1.12 bits per heavy atom. The predicted molar refractivity (Wildman–Crippen MR) is 92.8 cm³/mol. The van der Waals surface area contributed by atoms with Crippen molar-refractivity contribution >= 4 is 11.9 Å². The number of nitrogens with one attached hydrogen (secondary N) is 1. The molecule has 132 valence electrons. The lowest BCUT2D eigenvalue weighted by molar-refractivity contribution is -0.136. The zero-order valence-electron chi connectivity index (χ0n) is 14.2. The van der Waals surface area contributed by atoms with Crippen molar-refractivity contribution in [1.29, 1.82) is 0 Å². The van der Waals surface area contributed by atoms with E-state index in [9.17, 15) is 9.59 Å². The maximum Gasteiger partial charge on any atom is 0.307 e. The van der Waals surface area contributed by atoms with Gasteiger partial charge in [-0.2, -0.15) is 0 Å². The number of carboxylic acid groups (broad SMARTS) is 1. The fourth-order valence-corrected chi connectivity index (χ4v) is 2.41. The zero-order chi connectivity index (χ0) is 18.2. The first-order chi connectivity index (χ1) is 12.0. The van der Waals surface area contributed by atoms with Crippen LogP contribution < -0.4 is 14.8 Å². The monoisotopic (exact) mass is 343 g/mol. The second kappa shape index (κ2) is 8.73. The van der Waals surface area contributed by atoms with Crippen LogP contribution in [-0.4, -0.2) is 30.7 Å². The van der Waals surface area contributed by atoms with Gasteiger partial charge in [0.2, 0.25) is 0 Å². The van der Waals surface area contributed by atoms with Crippen LogP contribution in [-0.2, 0) is 16.0 Å². The molecule has 0 spiro atoms. The van der Waals surface area contributed by atoms with Crippen LogP contribution in [0.3, 0.4) is 0 Å². The molecule has 0 aliphatic heterocycles. The minimum absolute atomic E-state index is 0.0445. The first-order valence-electron chi connectivity index (χ1n) is 7.85. The van der Waals surface area contributed by atoms with Crippen molar-refractivity contribution in [2.75, 3.05) is 13.7 Å². The first kappa shape index (κ1) is 18.3. The van der Waals surface area contributed by atoms with Gasteiger partial charge < -0.3 is 19.9 Å². The molecule has 0 aliphatic rings. The third-order valence-corrected chi connectivity index (χ3v) is 3.63. The van der Waals surface area contributed by atoms with Gasteiger partial charge in [0, 0.05) is 5.56 Å². The van der Waals surface area contributed by atoms with Crippen molar-refractivity contribution in [3.05, 3.63) is 59.7 Å². The van der Waals surface area contributed by atoms with Crippen molar-refractivity contribution in [2.24, 2.45) is 0 Å². The fraction of sp³-hybridized carbons (Fsp3) is 0.263. The molecule has 6 nitrogen and oxygen atoms in total. The summed E-state index contributed by atoms with van der Waals surface area (Å²) in [4.78, 5) is 22.7. The number of amides is 1. The van der Waals surface area contributed by atoms with Gasteiger partial charge >= 0.3 is 5.97 Å². The van der Waals surface area contributed by atoms with E-state index in [-0.39, 0.29) is 25.0 Å². The molecule has 2 N–H and O–H groups in total. The third kappa shape index (κ3) is 5.53. The lowest BCUT2D eigenvalue weighted by atomic mass is 10.1. The number of carbonyl (C=O) groups excluding carboxylic acids is 1. The van der Waals surface area contributed by atoms with E-state index in [1.54, 1.807) is 31.4 Å². The van der Waals surface area contributed by atoms with Crippen molar-refractivity contribution < 1.29 is 24.2 Å². The van der Waals surface area contributed by atoms with Crippen molar-refractivity contribution in [3.8, 4) is 11.5 Å². The summed E-state index contributed by atoms with van der Waals surface area (Å²) in [7, 11) is 1.59. The summed E-state index contributed by atoms with van der Waals surface area (Å²) in [5, 5.41) is 11.6. The van der Waals surface area contributed by atoms with Gasteiger partial charge in [0.15, 0.2) is 6.61 Å². The molecular weight excluding hydrogens is 322 g/mol. The lowest BCUT2D eigenvalue weighted by Crippen LogP contribution is -2.31. The van der Waals surface area contributed by atoms with E-state index in [1.165, 1.54) is 0 Å². The molecule has 0 aliphatic carbocycles. The quantitative estimate of drug-likeness (QED) is 0.769. The molecule has 0 aromatic heterocycles. The highest BCUT2D eigenvalue weighted by atomic mass is 16.5. The Morgan fingerprint density at radius 3 is 2.44 bits per heavy atom. The highest BCUT2D eigenvalue weighted by molar-refractivity contribution is 5.78. The largest absolute Gasteiger partial charge is 0.496 e. The number of ether oxygens (including phenoxy) is 2. The molecule has 25 heavy (non-hydrogen) atoms. The van der Waals surface area contributed by atoms with E-state index >= 15 is 0 Å². The summed E-state index contributed by atoms with van der Waals surface area (Å²) in [5.74, 6) is 0.0749. The maximum atomic E-state index is 12.1. The average Bonchev–Trinajstić information content (AvgIpc) is 2.60. The summed E-state index contributed by atoms with van der Waals surface area (Å²) >= 11 is 0. The van der Waals surface area contributed by atoms with Crippen molar-refractivity contribution in [2.45, 2.75) is 19.4 Å². The molecule has 0 unspecified atom stereocenters. The molecule has 0 heterocycles. The molecule has 1 amide bonds. The van der Waals surface area contributed by atoms with Gasteiger partial charge in [-0.15, -0.1) is 0 Å². The Balaban J connectivity index is 1.87. The molecular formula is C19H21NO5. The van der Waals surface area contributed by atoms with Crippen LogP contribution in [0.2, 0.25) is 0 Å². The number of para-hydroxylation sites is 1. The highest BCUT2D eigenvalue weighted by Gasteiger charge is 2.14. The molecule has 0 saturated carbocycles. The van der Waals surface area contributed by atoms with Crippen LogP contribution in [0.4, 0.5) is 0 Å². The van der Waals surface area contributed by atoms with Crippen LogP contribution in [0.15, 0.2) is 48.5 Å². The van der Waals surface area contributed by atoms with Gasteiger partial charge in [-0.3, -0.25) is 9.59 Å². The molecule has 0 bridgehead atoms. The Bertz CT molecular complexity index is 727. The van der Waals surface area contributed by atoms with E-state index in [0.717, 1.165) is 5.56 Å². The third-order valence-electron chi connectivity index (χ3n) is 3.63. The fourth-order valence-electron chi connectivity index (χ4n) is 2.41. The van der Waals surface area contributed by atoms with Crippen LogP contribution in [0.5, 0.6) is 11.5 Å². The second-order valence-corrected chi connectivity index (χ2v) is 5.53. The molecule has 0 radical (unpaired) electrons. The van der Waals surface area contributed by atoms with Crippen molar-refractivity contribution in [3.63, 3.8) is 0 Å². The number of aliphatic carboxylic acids is 1. The molecule has 2 aromatic rings. The van der Waals surface area contributed by atoms with E-state index in [2.05, 4.69) is 5.32 Å². The molecule has 2 rings (SSSR count). The number of carboxylic acids is 1. The van der Waals surface area contributed by atoms with Gasteiger partial charge in [0.25, 0.3) is 5.91 Å². The Kier molecular flexibility index (Phi) is 6.39. The molecule has 0 fully saturated rings. The number of rotatable bonds is 8. The molecule has 1 atom stereocenters. The number of carbonyl (C=O) groups is 2. The summed E-state index contributed by atoms with van der Waals surface area (Å²) in [6.45, 7) is 1.74. The van der Waals surface area contributed by atoms with E-state index < -0.39 is 5.97 Å². The Labute approximate surface area is 146 Å². The second-order valence-electron chi connectivity index (χ2n) is 5.53. The van der Waals surface area contributed by atoms with Crippen LogP contribution in [0.1, 0.15) is 24.1 Å². The average molecular weight is 343 g/mol. The van der Waals surface area contributed by atoms with Gasteiger partial charge in [0.05, 0.1) is 19.6 Å². The van der Waals surface area contributed by atoms with Crippen LogP contribution >= 0.6 is 0 Å². The van der Waals surface area contributed by atoms with Crippen LogP contribution in [0, 0.1) is 0 Å². The van der Waals surface area contributed by atoms with Crippen LogP contribution in [0.25, 0.3) is 0 Å². The number of methoxy groups -OCH3 is 1. The van der Waals surface area contributed by atoms with E-state index in [1.807, 2.05) is 31.2 Å². The maximum absolute atomic E-state index is 12.1. The van der Waals surface area contributed by atoms with Gasteiger partial charge in [-0.05, 0) is 30.7 Å². The van der Waals surface area contributed by atoms with Gasteiger partial charge in [0.1, 0.15) is 11.5 Å².